The van der Waals surface area contributed by atoms with Crippen LogP contribution in [0, 0.1) is 12.7 Å². The van der Waals surface area contributed by atoms with E-state index in [1.165, 1.54) is 29.4 Å². The molecule has 1 aliphatic rings. The number of nitrogens with zero attached hydrogens (tertiary/aromatic N) is 1. The molecule has 0 radical (unpaired) electrons. The van der Waals surface area contributed by atoms with Gasteiger partial charge in [0.2, 0.25) is 10.0 Å². The van der Waals surface area contributed by atoms with Crippen LogP contribution in [0.4, 0.5) is 10.1 Å². The van der Waals surface area contributed by atoms with Crippen molar-refractivity contribution in [2.45, 2.75) is 69.8 Å². The van der Waals surface area contributed by atoms with Gasteiger partial charge in [-0.2, -0.15) is 4.31 Å². The van der Waals surface area contributed by atoms with E-state index in [9.17, 15) is 22.4 Å². The smallest absolute Gasteiger partial charge is 0.317 e. The van der Waals surface area contributed by atoms with Gasteiger partial charge in [-0.25, -0.2) is 12.8 Å². The lowest BCUT2D eigenvalue weighted by atomic mass is 9.79. The Morgan fingerprint density at radius 3 is 2.37 bits per heavy atom. The molecule has 3 rings (SSSR count). The minimum absolute atomic E-state index is 0.111. The number of rotatable bonds is 9. The molecule has 9 heteroatoms. The van der Waals surface area contributed by atoms with E-state index in [1.807, 2.05) is 0 Å². The summed E-state index contributed by atoms with van der Waals surface area (Å²) < 4.78 is 46.8. The highest BCUT2D eigenvalue weighted by Gasteiger charge is 2.45. The summed E-state index contributed by atoms with van der Waals surface area (Å²) in [7, 11) is -3.72. The Morgan fingerprint density at radius 2 is 1.77 bits per heavy atom. The van der Waals surface area contributed by atoms with Crippen LogP contribution in [0.25, 0.3) is 0 Å². The van der Waals surface area contributed by atoms with Crippen LogP contribution in [-0.4, -0.2) is 43.8 Å². The number of hydrogen-bond acceptors (Lipinski definition) is 5. The summed E-state index contributed by atoms with van der Waals surface area (Å²) in [6.07, 6.45) is 1.53. The van der Waals surface area contributed by atoms with E-state index < -0.39 is 39.2 Å². The van der Waals surface area contributed by atoms with Crippen molar-refractivity contribution in [1.82, 2.24) is 4.31 Å². The van der Waals surface area contributed by atoms with Gasteiger partial charge in [0.05, 0.1) is 10.3 Å². The monoisotopic (exact) mass is 504 g/mol. The summed E-state index contributed by atoms with van der Waals surface area (Å²) in [6.45, 7) is 7.34. The van der Waals surface area contributed by atoms with E-state index in [-0.39, 0.29) is 10.6 Å². The summed E-state index contributed by atoms with van der Waals surface area (Å²) in [4.78, 5) is 26.2. The minimum atomic E-state index is -3.72. The van der Waals surface area contributed by atoms with Gasteiger partial charge in [0, 0.05) is 18.8 Å². The number of amides is 1. The van der Waals surface area contributed by atoms with Crippen LogP contribution in [0.2, 0.25) is 0 Å². The molecule has 0 aromatic heterocycles. The van der Waals surface area contributed by atoms with Crippen molar-refractivity contribution < 1.29 is 27.1 Å². The zero-order valence-electron chi connectivity index (χ0n) is 20.6. The Kier molecular flexibility index (Phi) is 8.33. The van der Waals surface area contributed by atoms with Crippen LogP contribution in [0.5, 0.6) is 0 Å². The number of sulfonamides is 1. The van der Waals surface area contributed by atoms with Crippen LogP contribution in [0.3, 0.4) is 0 Å². The summed E-state index contributed by atoms with van der Waals surface area (Å²) >= 11 is 0. The summed E-state index contributed by atoms with van der Waals surface area (Å²) in [5, 5.41) is 2.65. The number of carbonyl (C=O) groups is 2. The maximum atomic E-state index is 13.9. The average molecular weight is 505 g/mol. The normalized spacial score (nSPS) is 16.2. The fourth-order valence-corrected chi connectivity index (χ4v) is 6.31. The van der Waals surface area contributed by atoms with Gasteiger partial charge in [0.1, 0.15) is 5.82 Å². The zero-order valence-corrected chi connectivity index (χ0v) is 21.5. The Bertz CT molecular complexity index is 1190. The third-order valence-electron chi connectivity index (χ3n) is 6.66. The minimum Gasteiger partial charge on any atom is -0.452 e. The maximum absolute atomic E-state index is 13.9. The Morgan fingerprint density at radius 1 is 1.11 bits per heavy atom. The molecular formula is C26H33FN2O5S. The first kappa shape index (κ1) is 26.8. The van der Waals surface area contributed by atoms with Crippen molar-refractivity contribution in [2.24, 2.45) is 0 Å². The molecular weight excluding hydrogens is 471 g/mol. The molecule has 0 saturated heterocycles. The first-order chi connectivity index (χ1) is 16.5. The quantitative estimate of drug-likeness (QED) is 0.506. The second-order valence-electron chi connectivity index (χ2n) is 8.91. The van der Waals surface area contributed by atoms with Crippen LogP contribution in [0.1, 0.15) is 57.6 Å². The first-order valence-electron chi connectivity index (χ1n) is 11.9. The number of benzene rings is 2. The van der Waals surface area contributed by atoms with E-state index >= 15 is 0 Å². The molecule has 1 atom stereocenters. The lowest BCUT2D eigenvalue weighted by Gasteiger charge is -2.28. The highest BCUT2D eigenvalue weighted by Crippen LogP contribution is 2.42. The molecule has 2 aromatic carbocycles. The van der Waals surface area contributed by atoms with E-state index in [2.05, 4.69) is 5.32 Å². The van der Waals surface area contributed by atoms with E-state index in [4.69, 9.17) is 4.74 Å². The van der Waals surface area contributed by atoms with Gasteiger partial charge in [-0.3, -0.25) is 9.59 Å². The Labute approximate surface area is 206 Å². The largest absolute Gasteiger partial charge is 0.452 e. The summed E-state index contributed by atoms with van der Waals surface area (Å²) in [6, 6.07) is 10.6. The van der Waals surface area contributed by atoms with Gasteiger partial charge in [0.25, 0.3) is 5.91 Å². The van der Waals surface area contributed by atoms with E-state index in [0.29, 0.717) is 37.1 Å². The maximum Gasteiger partial charge on any atom is 0.317 e. The van der Waals surface area contributed by atoms with Crippen LogP contribution in [-0.2, 0) is 29.8 Å². The highest BCUT2D eigenvalue weighted by molar-refractivity contribution is 7.89. The molecule has 35 heavy (non-hydrogen) atoms. The van der Waals surface area contributed by atoms with Crippen molar-refractivity contribution in [3.63, 3.8) is 0 Å². The van der Waals surface area contributed by atoms with Gasteiger partial charge in [0.15, 0.2) is 6.10 Å². The van der Waals surface area contributed by atoms with Gasteiger partial charge in [-0.05, 0) is 62.1 Å². The number of aryl methyl sites for hydroxylation is 1. The molecule has 1 amide bonds. The first-order valence-corrected chi connectivity index (χ1v) is 13.4. The number of ether oxygens (including phenoxy) is 1. The van der Waals surface area contributed by atoms with Crippen molar-refractivity contribution in [2.75, 3.05) is 18.4 Å². The summed E-state index contributed by atoms with van der Waals surface area (Å²) in [5.41, 5.74) is 0.422. The van der Waals surface area contributed by atoms with Gasteiger partial charge >= 0.3 is 5.97 Å². The lowest BCUT2D eigenvalue weighted by molar-refractivity contribution is -0.159. The van der Waals surface area contributed by atoms with E-state index in [1.54, 1.807) is 45.0 Å². The van der Waals surface area contributed by atoms with Gasteiger partial charge in [-0.1, -0.05) is 44.9 Å². The Balaban J connectivity index is 1.77. The standard InChI is InChI=1S/C26H33FN2O5S/c1-5-29(6-2)35(32,33)23-17-22(13-12-18(23)3)28-24(30)19(4)34-25(31)26(14-7-8-15-26)20-10-9-11-21(27)16-20/h9-13,16-17,19H,5-8,14-15H2,1-4H3,(H,28,30)/t19-/m1/s1. The molecule has 0 heterocycles. The number of nitrogens with one attached hydrogen (secondary N) is 1. The zero-order chi connectivity index (χ0) is 25.8. The molecule has 1 aliphatic carbocycles. The SMILES string of the molecule is CCN(CC)S(=O)(=O)c1cc(NC(=O)[C@@H](C)OC(=O)C2(c3cccc(F)c3)CCCC2)ccc1C. The third kappa shape index (κ3) is 5.56. The van der Waals surface area contributed by atoms with Crippen molar-refractivity contribution in [1.29, 1.82) is 0 Å². The molecule has 1 saturated carbocycles. The fraction of sp³-hybridized carbons (Fsp3) is 0.462. The molecule has 0 unspecified atom stereocenters. The lowest BCUT2D eigenvalue weighted by Crippen LogP contribution is -2.40. The molecule has 1 fully saturated rings. The molecule has 0 spiro atoms. The number of hydrogen-bond donors (Lipinski definition) is 1. The van der Waals surface area contributed by atoms with Crippen LogP contribution >= 0.6 is 0 Å². The molecule has 0 aliphatic heterocycles. The molecule has 190 valence electrons. The summed E-state index contributed by atoms with van der Waals surface area (Å²) in [5.74, 6) is -1.57. The van der Waals surface area contributed by atoms with Crippen molar-refractivity contribution in [3.8, 4) is 0 Å². The topological polar surface area (TPSA) is 92.8 Å². The number of carbonyl (C=O) groups excluding carboxylic acids is 2. The van der Waals surface area contributed by atoms with Crippen LogP contribution in [0.15, 0.2) is 47.4 Å². The second-order valence-corrected chi connectivity index (χ2v) is 10.8. The Hall–Kier alpha value is -2.78. The van der Waals surface area contributed by atoms with Gasteiger partial charge < -0.3 is 10.1 Å². The predicted octanol–water partition coefficient (Wildman–Crippen LogP) is 4.55. The molecule has 7 nitrogen and oxygen atoms in total. The van der Waals surface area contributed by atoms with Crippen LogP contribution < -0.4 is 5.32 Å². The number of halogens is 1. The highest BCUT2D eigenvalue weighted by atomic mass is 32.2. The fourth-order valence-electron chi connectivity index (χ4n) is 4.60. The molecule has 0 bridgehead atoms. The average Bonchev–Trinajstić information content (AvgIpc) is 3.32. The molecule has 1 N–H and O–H groups in total. The number of anilines is 1. The van der Waals surface area contributed by atoms with E-state index in [0.717, 1.165) is 12.8 Å². The molecule has 2 aromatic rings. The number of esters is 1. The second kappa shape index (κ2) is 10.9. The predicted molar refractivity (Wildman–Crippen MR) is 132 cm³/mol. The third-order valence-corrected chi connectivity index (χ3v) is 8.85. The van der Waals surface area contributed by atoms with Crippen molar-refractivity contribution in [3.05, 3.63) is 59.4 Å². The van der Waals surface area contributed by atoms with Crippen molar-refractivity contribution >= 4 is 27.6 Å². The van der Waals surface area contributed by atoms with Gasteiger partial charge in [-0.15, -0.1) is 0 Å².